The highest BCUT2D eigenvalue weighted by Gasteiger charge is 2.25. The summed E-state index contributed by atoms with van der Waals surface area (Å²) < 4.78 is 0. The van der Waals surface area contributed by atoms with E-state index < -0.39 is 0 Å². The van der Waals surface area contributed by atoms with E-state index in [1.807, 2.05) is 0 Å². The summed E-state index contributed by atoms with van der Waals surface area (Å²) in [5.41, 5.74) is 3.79. The molecule has 0 spiro atoms. The molecule has 3 heteroatoms. The van der Waals surface area contributed by atoms with Crippen LogP contribution >= 0.6 is 0 Å². The van der Waals surface area contributed by atoms with E-state index in [0.717, 1.165) is 13.1 Å². The summed E-state index contributed by atoms with van der Waals surface area (Å²) in [5.74, 6) is 0. The Balaban J connectivity index is 2.28. The Hall–Kier alpha value is -1.06. The number of hydrogen-bond donors (Lipinski definition) is 2. The predicted molar refractivity (Wildman–Crippen MR) is 71.6 cm³/mol. The molecule has 1 fully saturated rings. The van der Waals surface area contributed by atoms with E-state index in [1.54, 1.807) is 0 Å². The zero-order valence-electron chi connectivity index (χ0n) is 10.9. The lowest BCUT2D eigenvalue weighted by atomic mass is 10.1. The van der Waals surface area contributed by atoms with Gasteiger partial charge in [0, 0.05) is 24.8 Å². The van der Waals surface area contributed by atoms with E-state index in [1.165, 1.54) is 16.8 Å². The maximum atomic E-state index is 9.47. The molecule has 1 aromatic carbocycles. The number of aryl methyl sites for hydroxylation is 2. The average Bonchev–Trinajstić information content (AvgIpc) is 2.27. The first-order chi connectivity index (χ1) is 8.10. The molecule has 1 saturated heterocycles. The lowest BCUT2D eigenvalue weighted by molar-refractivity contribution is 0.237. The Morgan fingerprint density at radius 3 is 2.53 bits per heavy atom. The number of nitrogens with one attached hydrogen (secondary N) is 1. The lowest BCUT2D eigenvalue weighted by Gasteiger charge is -2.40. The van der Waals surface area contributed by atoms with Gasteiger partial charge in [-0.05, 0) is 44.0 Å². The van der Waals surface area contributed by atoms with Crippen molar-refractivity contribution in [2.24, 2.45) is 0 Å². The summed E-state index contributed by atoms with van der Waals surface area (Å²) in [5, 5.41) is 12.9. The molecule has 17 heavy (non-hydrogen) atoms. The summed E-state index contributed by atoms with van der Waals surface area (Å²) in [7, 11) is 0. The maximum Gasteiger partial charge on any atom is 0.0647 e. The van der Waals surface area contributed by atoms with Gasteiger partial charge < -0.3 is 15.3 Å². The molecule has 0 radical (unpaired) electrons. The van der Waals surface area contributed by atoms with Crippen molar-refractivity contribution in [3.8, 4) is 0 Å². The van der Waals surface area contributed by atoms with Crippen LogP contribution in [0.15, 0.2) is 18.2 Å². The van der Waals surface area contributed by atoms with Crippen LogP contribution in [-0.4, -0.2) is 36.9 Å². The Morgan fingerprint density at radius 1 is 1.29 bits per heavy atom. The standard InChI is InChI=1S/C14H22N2O/c1-10-4-11(2)6-13(5-10)16-8-12(3)15-7-14(16)9-17/h4-6,12,14-15,17H,7-9H2,1-3H3. The smallest absolute Gasteiger partial charge is 0.0647 e. The molecule has 0 amide bonds. The third-order valence-corrected chi connectivity index (χ3v) is 3.36. The summed E-state index contributed by atoms with van der Waals surface area (Å²) in [6, 6.07) is 7.25. The predicted octanol–water partition coefficient (Wildman–Crippen LogP) is 1.46. The van der Waals surface area contributed by atoms with Gasteiger partial charge in [-0.15, -0.1) is 0 Å². The van der Waals surface area contributed by atoms with E-state index in [0.29, 0.717) is 6.04 Å². The highest BCUT2D eigenvalue weighted by molar-refractivity contribution is 5.52. The van der Waals surface area contributed by atoms with Crippen LogP contribution in [0, 0.1) is 13.8 Å². The summed E-state index contributed by atoms with van der Waals surface area (Å²) >= 11 is 0. The monoisotopic (exact) mass is 234 g/mol. The molecule has 1 aliphatic heterocycles. The molecule has 3 nitrogen and oxygen atoms in total. The van der Waals surface area contributed by atoms with E-state index in [9.17, 15) is 5.11 Å². The van der Waals surface area contributed by atoms with Gasteiger partial charge in [0.2, 0.25) is 0 Å². The Bertz CT molecular complexity index is 372. The number of benzene rings is 1. The second kappa shape index (κ2) is 5.07. The quantitative estimate of drug-likeness (QED) is 0.813. The third-order valence-electron chi connectivity index (χ3n) is 3.36. The molecular formula is C14H22N2O. The topological polar surface area (TPSA) is 35.5 Å². The van der Waals surface area contributed by atoms with Crippen LogP contribution in [-0.2, 0) is 0 Å². The number of aliphatic hydroxyl groups excluding tert-OH is 1. The van der Waals surface area contributed by atoms with Crippen LogP contribution in [0.3, 0.4) is 0 Å². The molecule has 1 aliphatic rings. The second-order valence-corrected chi connectivity index (χ2v) is 5.14. The SMILES string of the molecule is Cc1cc(C)cc(N2CC(C)NCC2CO)c1. The molecule has 1 heterocycles. The van der Waals surface area contributed by atoms with Gasteiger partial charge in [-0.1, -0.05) is 6.07 Å². The van der Waals surface area contributed by atoms with Crippen LogP contribution in [0.25, 0.3) is 0 Å². The summed E-state index contributed by atoms with van der Waals surface area (Å²) in [4.78, 5) is 2.32. The minimum Gasteiger partial charge on any atom is -0.394 e. The van der Waals surface area contributed by atoms with Crippen molar-refractivity contribution in [1.82, 2.24) is 5.32 Å². The van der Waals surface area contributed by atoms with Gasteiger partial charge >= 0.3 is 0 Å². The van der Waals surface area contributed by atoms with Crippen molar-refractivity contribution in [1.29, 1.82) is 0 Å². The fraction of sp³-hybridized carbons (Fsp3) is 0.571. The van der Waals surface area contributed by atoms with Gasteiger partial charge in [-0.3, -0.25) is 0 Å². The van der Waals surface area contributed by atoms with E-state index in [4.69, 9.17) is 0 Å². The first kappa shape index (κ1) is 12.4. The van der Waals surface area contributed by atoms with Crippen LogP contribution in [0.1, 0.15) is 18.1 Å². The van der Waals surface area contributed by atoms with Crippen molar-refractivity contribution < 1.29 is 5.11 Å². The van der Waals surface area contributed by atoms with E-state index in [2.05, 4.69) is 49.2 Å². The Morgan fingerprint density at radius 2 is 1.94 bits per heavy atom. The van der Waals surface area contributed by atoms with Gasteiger partial charge in [0.1, 0.15) is 0 Å². The molecule has 94 valence electrons. The Kier molecular flexibility index (Phi) is 3.69. The van der Waals surface area contributed by atoms with Gasteiger partial charge in [-0.25, -0.2) is 0 Å². The second-order valence-electron chi connectivity index (χ2n) is 5.14. The third kappa shape index (κ3) is 2.79. The van der Waals surface area contributed by atoms with Gasteiger partial charge in [0.25, 0.3) is 0 Å². The summed E-state index contributed by atoms with van der Waals surface area (Å²) in [6.45, 7) is 8.43. The highest BCUT2D eigenvalue weighted by atomic mass is 16.3. The zero-order chi connectivity index (χ0) is 12.4. The molecule has 2 atom stereocenters. The first-order valence-corrected chi connectivity index (χ1v) is 6.29. The number of aliphatic hydroxyl groups is 1. The van der Waals surface area contributed by atoms with Crippen LogP contribution < -0.4 is 10.2 Å². The normalized spacial score (nSPS) is 25.1. The molecule has 2 rings (SSSR count). The molecule has 2 unspecified atom stereocenters. The molecule has 0 bridgehead atoms. The first-order valence-electron chi connectivity index (χ1n) is 6.29. The highest BCUT2D eigenvalue weighted by Crippen LogP contribution is 2.22. The molecule has 1 aromatic rings. The molecule has 2 N–H and O–H groups in total. The van der Waals surface area contributed by atoms with Crippen molar-refractivity contribution >= 4 is 5.69 Å². The van der Waals surface area contributed by atoms with Gasteiger partial charge in [0.15, 0.2) is 0 Å². The van der Waals surface area contributed by atoms with Crippen molar-refractivity contribution in [2.45, 2.75) is 32.9 Å². The maximum absolute atomic E-state index is 9.47. The van der Waals surface area contributed by atoms with Gasteiger partial charge in [0.05, 0.1) is 12.6 Å². The fourth-order valence-corrected chi connectivity index (χ4v) is 2.55. The average molecular weight is 234 g/mol. The van der Waals surface area contributed by atoms with Gasteiger partial charge in [-0.2, -0.15) is 0 Å². The van der Waals surface area contributed by atoms with E-state index in [-0.39, 0.29) is 12.6 Å². The lowest BCUT2D eigenvalue weighted by Crippen LogP contribution is -2.57. The van der Waals surface area contributed by atoms with Crippen molar-refractivity contribution in [3.05, 3.63) is 29.3 Å². The number of nitrogens with zero attached hydrogens (tertiary/aromatic N) is 1. The molecule has 0 saturated carbocycles. The van der Waals surface area contributed by atoms with Crippen LogP contribution in [0.5, 0.6) is 0 Å². The van der Waals surface area contributed by atoms with Crippen molar-refractivity contribution in [2.75, 3.05) is 24.6 Å². The van der Waals surface area contributed by atoms with Crippen molar-refractivity contribution in [3.63, 3.8) is 0 Å². The van der Waals surface area contributed by atoms with E-state index >= 15 is 0 Å². The number of anilines is 1. The largest absolute Gasteiger partial charge is 0.394 e. The zero-order valence-corrected chi connectivity index (χ0v) is 10.9. The minimum absolute atomic E-state index is 0.187. The van der Waals surface area contributed by atoms with Crippen LogP contribution in [0.4, 0.5) is 5.69 Å². The number of rotatable bonds is 2. The molecule has 0 aliphatic carbocycles. The number of piperazine rings is 1. The van der Waals surface area contributed by atoms with Crippen LogP contribution in [0.2, 0.25) is 0 Å². The Labute approximate surface area is 103 Å². The fourth-order valence-electron chi connectivity index (χ4n) is 2.55. The minimum atomic E-state index is 0.187. The number of hydrogen-bond acceptors (Lipinski definition) is 3. The molecule has 0 aromatic heterocycles. The summed E-state index contributed by atoms with van der Waals surface area (Å²) in [6.07, 6.45) is 0. The molecular weight excluding hydrogens is 212 g/mol.